The zero-order valence-electron chi connectivity index (χ0n) is 22.2. The van der Waals surface area contributed by atoms with Crippen molar-refractivity contribution in [3.05, 3.63) is 53.2 Å². The van der Waals surface area contributed by atoms with Crippen LogP contribution in [0.25, 0.3) is 22.2 Å². The number of rotatable bonds is 12. The molecule has 0 fully saturated rings. The second kappa shape index (κ2) is 13.2. The van der Waals surface area contributed by atoms with Crippen LogP contribution in [0.5, 0.6) is 17.2 Å². The van der Waals surface area contributed by atoms with E-state index < -0.39 is 0 Å². The molecule has 4 aromatic rings. The molecule has 9 nitrogen and oxygen atoms in total. The van der Waals surface area contributed by atoms with Crippen LogP contribution < -0.4 is 24.8 Å². The number of benzene rings is 2. The minimum Gasteiger partial charge on any atom is -0.493 e. The zero-order valence-corrected chi connectivity index (χ0v) is 23.7. The molecule has 0 saturated carbocycles. The molecule has 2 aromatic carbocycles. The van der Waals surface area contributed by atoms with Gasteiger partial charge in [0, 0.05) is 40.9 Å². The molecule has 0 aliphatic rings. The Kier molecular flexibility index (Phi) is 9.52. The summed E-state index contributed by atoms with van der Waals surface area (Å²) in [6.45, 7) is 1.42. The number of anilines is 2. The van der Waals surface area contributed by atoms with Gasteiger partial charge in [-0.1, -0.05) is 23.4 Å². The molecule has 0 radical (unpaired) electrons. The maximum Gasteiger partial charge on any atom is 0.203 e. The fourth-order valence-corrected chi connectivity index (χ4v) is 4.68. The second-order valence-electron chi connectivity index (χ2n) is 8.39. The largest absolute Gasteiger partial charge is 0.493 e. The van der Waals surface area contributed by atoms with Crippen LogP contribution >= 0.6 is 23.4 Å². The number of nitrogens with zero attached hydrogens (tertiary/aromatic N) is 4. The first-order chi connectivity index (χ1) is 19.0. The van der Waals surface area contributed by atoms with E-state index in [0.717, 1.165) is 36.0 Å². The van der Waals surface area contributed by atoms with Gasteiger partial charge in [0.25, 0.3) is 0 Å². The molecule has 39 heavy (non-hydrogen) atoms. The van der Waals surface area contributed by atoms with Crippen molar-refractivity contribution >= 4 is 45.8 Å². The summed E-state index contributed by atoms with van der Waals surface area (Å²) in [5.74, 6) is 1.92. The first-order valence-electron chi connectivity index (χ1n) is 12.2. The Morgan fingerprint density at radius 2 is 1.67 bits per heavy atom. The summed E-state index contributed by atoms with van der Waals surface area (Å²) in [6.07, 6.45) is 5.44. The van der Waals surface area contributed by atoms with Gasteiger partial charge < -0.3 is 24.8 Å². The van der Waals surface area contributed by atoms with Gasteiger partial charge in [-0.3, -0.25) is 4.98 Å². The minimum atomic E-state index is 0.349. The summed E-state index contributed by atoms with van der Waals surface area (Å²) in [5, 5.41) is 19.1. The number of thioether (sulfide) groups is 1. The number of hydrogen-bond acceptors (Lipinski definition) is 10. The van der Waals surface area contributed by atoms with E-state index in [-0.39, 0.29) is 0 Å². The summed E-state index contributed by atoms with van der Waals surface area (Å²) < 4.78 is 16.4. The van der Waals surface area contributed by atoms with Crippen molar-refractivity contribution in [2.24, 2.45) is 0 Å². The van der Waals surface area contributed by atoms with Crippen LogP contribution in [0.1, 0.15) is 18.4 Å². The van der Waals surface area contributed by atoms with Gasteiger partial charge in [0.2, 0.25) is 5.75 Å². The zero-order chi connectivity index (χ0) is 27.8. The van der Waals surface area contributed by atoms with Gasteiger partial charge in [0.1, 0.15) is 17.5 Å². The van der Waals surface area contributed by atoms with Crippen molar-refractivity contribution in [3.63, 3.8) is 0 Å². The molecule has 0 atom stereocenters. The number of methoxy groups -OCH3 is 3. The summed E-state index contributed by atoms with van der Waals surface area (Å²) >= 11 is 7.50. The maximum atomic E-state index is 10.1. The highest BCUT2D eigenvalue weighted by atomic mass is 35.5. The Morgan fingerprint density at radius 1 is 0.949 bits per heavy atom. The Balaban J connectivity index is 1.47. The van der Waals surface area contributed by atoms with Crippen LogP contribution in [0.15, 0.2) is 47.8 Å². The summed E-state index contributed by atoms with van der Waals surface area (Å²) in [6, 6.07) is 13.5. The van der Waals surface area contributed by atoms with Crippen molar-refractivity contribution in [2.75, 3.05) is 51.3 Å². The number of pyridine rings is 1. The van der Waals surface area contributed by atoms with Gasteiger partial charge in [-0.05, 0) is 55.5 Å². The Labute approximate surface area is 236 Å². The van der Waals surface area contributed by atoms with Gasteiger partial charge in [-0.2, -0.15) is 5.26 Å². The molecule has 4 rings (SSSR count). The molecule has 0 bridgehead atoms. The molecule has 2 aromatic heterocycles. The van der Waals surface area contributed by atoms with Crippen molar-refractivity contribution in [2.45, 2.75) is 18.0 Å². The van der Waals surface area contributed by atoms with Gasteiger partial charge in [0.15, 0.2) is 16.7 Å². The number of nitrogens with one attached hydrogen (secondary N) is 2. The highest BCUT2D eigenvalue weighted by Gasteiger charge is 2.20. The predicted molar refractivity (Wildman–Crippen MR) is 157 cm³/mol. The lowest BCUT2D eigenvalue weighted by molar-refractivity contribution is 0.324. The van der Waals surface area contributed by atoms with Crippen LogP contribution in [-0.2, 0) is 0 Å². The smallest absolute Gasteiger partial charge is 0.203 e. The SMILES string of the molecule is COc1cc(-c2nc(SC)nc(NCCCCNc3ccnc4cc(Cl)ccc34)c2C#N)cc(OC)c1OC. The molecule has 202 valence electrons. The molecule has 0 spiro atoms. The van der Waals surface area contributed by atoms with E-state index in [0.29, 0.717) is 56.6 Å². The number of fused-ring (bicyclic) bond motifs is 1. The number of unbranched alkanes of at least 4 members (excludes halogenated alkanes) is 1. The third-order valence-corrected chi connectivity index (χ3v) is 6.82. The first kappa shape index (κ1) is 28.1. The van der Waals surface area contributed by atoms with E-state index in [4.69, 9.17) is 25.8 Å². The van der Waals surface area contributed by atoms with Gasteiger partial charge >= 0.3 is 0 Å². The first-order valence-corrected chi connectivity index (χ1v) is 13.8. The van der Waals surface area contributed by atoms with Crippen molar-refractivity contribution in [3.8, 4) is 34.6 Å². The molecule has 0 aliphatic heterocycles. The van der Waals surface area contributed by atoms with Crippen LogP contribution in [-0.4, -0.2) is 55.6 Å². The molecule has 0 unspecified atom stereocenters. The second-order valence-corrected chi connectivity index (χ2v) is 9.60. The van der Waals surface area contributed by atoms with Crippen LogP contribution in [0.4, 0.5) is 11.5 Å². The summed E-state index contributed by atoms with van der Waals surface area (Å²) in [5.41, 5.74) is 3.38. The van der Waals surface area contributed by atoms with Crippen LogP contribution in [0.2, 0.25) is 5.02 Å². The molecular formula is C28H29ClN6O3S. The number of aromatic nitrogens is 3. The number of ether oxygens (including phenoxy) is 3. The van der Waals surface area contributed by atoms with E-state index in [1.807, 2.05) is 30.5 Å². The van der Waals surface area contributed by atoms with Gasteiger partial charge in [0.05, 0.1) is 32.5 Å². The van der Waals surface area contributed by atoms with Gasteiger partial charge in [-0.25, -0.2) is 9.97 Å². The fourth-order valence-electron chi connectivity index (χ4n) is 4.15. The summed E-state index contributed by atoms with van der Waals surface area (Å²) in [7, 11) is 4.65. The molecule has 0 amide bonds. The molecule has 2 N–H and O–H groups in total. The maximum absolute atomic E-state index is 10.1. The molecule has 2 heterocycles. The highest BCUT2D eigenvalue weighted by molar-refractivity contribution is 7.98. The lowest BCUT2D eigenvalue weighted by atomic mass is 10.1. The third-order valence-electron chi connectivity index (χ3n) is 6.04. The fraction of sp³-hybridized carbons (Fsp3) is 0.286. The minimum absolute atomic E-state index is 0.349. The number of hydrogen-bond donors (Lipinski definition) is 2. The summed E-state index contributed by atoms with van der Waals surface area (Å²) in [4.78, 5) is 13.6. The standard InChI is InChI=1S/C28H29ClN6O3S/c1-36-23-13-17(14-24(37-2)26(23)38-3)25-20(16-30)27(35-28(34-25)39-4)33-11-6-5-10-31-21-9-12-32-22-15-18(29)7-8-19(21)22/h7-9,12-15H,5-6,10-11H2,1-4H3,(H,31,32)(H,33,34,35). The predicted octanol–water partition coefficient (Wildman–Crippen LogP) is 6.27. The monoisotopic (exact) mass is 564 g/mol. The van der Waals surface area contributed by atoms with Crippen LogP contribution in [0, 0.1) is 11.3 Å². The van der Waals surface area contributed by atoms with Crippen molar-refractivity contribution in [1.82, 2.24) is 15.0 Å². The Hall–Kier alpha value is -3.94. The molecule has 0 aliphatic carbocycles. The lowest BCUT2D eigenvalue weighted by Gasteiger charge is -2.16. The van der Waals surface area contributed by atoms with Crippen molar-refractivity contribution in [1.29, 1.82) is 5.26 Å². The average Bonchev–Trinajstić information content (AvgIpc) is 2.97. The number of halogens is 1. The Bertz CT molecular complexity index is 1490. The van der Waals surface area contributed by atoms with Gasteiger partial charge in [-0.15, -0.1) is 0 Å². The van der Waals surface area contributed by atoms with E-state index in [1.165, 1.54) is 11.8 Å². The lowest BCUT2D eigenvalue weighted by Crippen LogP contribution is -2.10. The Morgan fingerprint density at radius 3 is 2.31 bits per heavy atom. The van der Waals surface area contributed by atoms with Crippen LogP contribution in [0.3, 0.4) is 0 Å². The van der Waals surface area contributed by atoms with E-state index in [9.17, 15) is 5.26 Å². The highest BCUT2D eigenvalue weighted by Crippen LogP contribution is 2.42. The third kappa shape index (κ3) is 6.38. The molecular weight excluding hydrogens is 536 g/mol. The van der Waals surface area contributed by atoms with E-state index in [2.05, 4.69) is 31.7 Å². The average molecular weight is 565 g/mol. The molecule has 11 heteroatoms. The molecule has 0 saturated heterocycles. The topological polar surface area (TPSA) is 114 Å². The van der Waals surface area contributed by atoms with E-state index >= 15 is 0 Å². The quantitative estimate of drug-likeness (QED) is 0.116. The normalized spacial score (nSPS) is 10.7. The van der Waals surface area contributed by atoms with E-state index in [1.54, 1.807) is 39.7 Å². The van der Waals surface area contributed by atoms with Crippen molar-refractivity contribution < 1.29 is 14.2 Å². The number of nitriles is 1.